The van der Waals surface area contributed by atoms with Crippen molar-refractivity contribution in [1.29, 1.82) is 0 Å². The van der Waals surface area contributed by atoms with Crippen molar-refractivity contribution in [3.8, 4) is 0 Å². The molecule has 1 aliphatic heterocycles. The number of carbonyl (C=O) groups is 1. The first-order valence-corrected chi connectivity index (χ1v) is 10.1. The van der Waals surface area contributed by atoms with Crippen LogP contribution in [0.4, 0.5) is 10.8 Å². The van der Waals surface area contributed by atoms with Gasteiger partial charge in [-0.15, -0.1) is 0 Å². The van der Waals surface area contributed by atoms with Gasteiger partial charge in [-0.2, -0.15) is 0 Å². The molecule has 1 atom stereocenters. The first kappa shape index (κ1) is 18.3. The number of hydrogen-bond donors (Lipinski definition) is 2. The zero-order valence-corrected chi connectivity index (χ0v) is 15.8. The van der Waals surface area contributed by atoms with Gasteiger partial charge in [0.05, 0.1) is 11.7 Å². The topological polar surface area (TPSA) is 105 Å². The highest BCUT2D eigenvalue weighted by molar-refractivity contribution is 7.91. The summed E-state index contributed by atoms with van der Waals surface area (Å²) in [5, 5.41) is 8.53. The van der Waals surface area contributed by atoms with Crippen LogP contribution in [0.25, 0.3) is 0 Å². The molecule has 1 amide bonds. The summed E-state index contributed by atoms with van der Waals surface area (Å²) >= 11 is 1.04. The van der Waals surface area contributed by atoms with Crippen molar-refractivity contribution in [2.75, 3.05) is 10.2 Å². The number of benzene rings is 1. The summed E-state index contributed by atoms with van der Waals surface area (Å²) in [5.41, 5.74) is 2.07. The summed E-state index contributed by atoms with van der Waals surface area (Å²) in [6.45, 7) is 3.08. The Balaban J connectivity index is 1.93. The quantitative estimate of drug-likeness (QED) is 0.835. The van der Waals surface area contributed by atoms with Gasteiger partial charge in [0.2, 0.25) is 15.9 Å². The molecule has 1 aliphatic rings. The molecule has 136 valence electrons. The average Bonchev–Trinajstić information content (AvgIpc) is 2.97. The Labute approximate surface area is 155 Å². The molecule has 0 fully saturated rings. The van der Waals surface area contributed by atoms with Crippen LogP contribution >= 0.6 is 11.3 Å². The number of nitrogens with zero attached hydrogens (tertiary/aromatic N) is 2. The minimum atomic E-state index is -3.80. The summed E-state index contributed by atoms with van der Waals surface area (Å²) in [7, 11) is -3.80. The summed E-state index contributed by atoms with van der Waals surface area (Å²) in [4.78, 5) is 17.4. The SMILES string of the molecule is CC(=O)Nc1ccc(C2C=CC=CN2c2nc(C)c(S(N)(=O)=O)s2)cc1. The van der Waals surface area contributed by atoms with E-state index in [4.69, 9.17) is 5.14 Å². The number of rotatable bonds is 4. The zero-order chi connectivity index (χ0) is 18.9. The van der Waals surface area contributed by atoms with E-state index in [-0.39, 0.29) is 16.2 Å². The number of carbonyl (C=O) groups excluding carboxylic acids is 1. The predicted octanol–water partition coefficient (Wildman–Crippen LogP) is 2.69. The molecule has 0 spiro atoms. The van der Waals surface area contributed by atoms with E-state index in [2.05, 4.69) is 10.3 Å². The highest BCUT2D eigenvalue weighted by atomic mass is 32.2. The lowest BCUT2D eigenvalue weighted by Crippen LogP contribution is -2.23. The monoisotopic (exact) mass is 390 g/mol. The highest BCUT2D eigenvalue weighted by Crippen LogP contribution is 2.36. The van der Waals surface area contributed by atoms with Crippen LogP contribution in [0, 0.1) is 6.92 Å². The molecule has 0 radical (unpaired) electrons. The standard InChI is InChI=1S/C17H18N4O3S2/c1-11-16(26(18,23)24)25-17(19-11)21-10-4-3-5-15(21)13-6-8-14(9-7-13)20-12(2)22/h3-10,15H,1-2H3,(H,20,22)(H2,18,23,24). The van der Waals surface area contributed by atoms with Crippen molar-refractivity contribution in [3.05, 3.63) is 60.0 Å². The second-order valence-corrected chi connectivity index (χ2v) is 8.53. The van der Waals surface area contributed by atoms with Crippen LogP contribution in [0.5, 0.6) is 0 Å². The van der Waals surface area contributed by atoms with Crippen molar-refractivity contribution in [1.82, 2.24) is 4.98 Å². The Morgan fingerprint density at radius 2 is 1.96 bits per heavy atom. The van der Waals surface area contributed by atoms with Gasteiger partial charge in [-0.1, -0.05) is 35.6 Å². The number of aromatic nitrogens is 1. The summed E-state index contributed by atoms with van der Waals surface area (Å²) in [6, 6.07) is 7.32. The Kier molecular flexibility index (Phi) is 4.94. The fourth-order valence-electron chi connectivity index (χ4n) is 2.66. The van der Waals surface area contributed by atoms with Crippen LogP contribution in [0.2, 0.25) is 0 Å². The predicted molar refractivity (Wildman–Crippen MR) is 102 cm³/mol. The van der Waals surface area contributed by atoms with E-state index in [1.807, 2.05) is 53.6 Å². The van der Waals surface area contributed by atoms with Crippen molar-refractivity contribution >= 4 is 38.1 Å². The van der Waals surface area contributed by atoms with E-state index in [9.17, 15) is 13.2 Å². The summed E-state index contributed by atoms with van der Waals surface area (Å²) in [5.74, 6) is -0.131. The molecule has 1 aromatic heterocycles. The third-order valence-electron chi connectivity index (χ3n) is 3.75. The third-order valence-corrected chi connectivity index (χ3v) is 6.47. The summed E-state index contributed by atoms with van der Waals surface area (Å²) < 4.78 is 23.4. The van der Waals surface area contributed by atoms with Gasteiger partial charge in [0.25, 0.3) is 0 Å². The number of thiazole rings is 1. The molecular formula is C17H18N4O3S2. The molecule has 0 aliphatic carbocycles. The van der Waals surface area contributed by atoms with E-state index in [1.54, 1.807) is 6.92 Å². The maximum atomic E-state index is 11.7. The van der Waals surface area contributed by atoms with E-state index in [0.717, 1.165) is 16.9 Å². The van der Waals surface area contributed by atoms with Crippen LogP contribution in [0.3, 0.4) is 0 Å². The molecule has 1 aromatic carbocycles. The Hall–Kier alpha value is -2.49. The lowest BCUT2D eigenvalue weighted by atomic mass is 10.0. The van der Waals surface area contributed by atoms with Gasteiger partial charge in [-0.3, -0.25) is 4.79 Å². The first-order chi connectivity index (χ1) is 12.3. The number of aryl methyl sites for hydroxylation is 1. The van der Waals surface area contributed by atoms with Crippen LogP contribution in [0.15, 0.2) is 52.9 Å². The van der Waals surface area contributed by atoms with Gasteiger partial charge in [0.1, 0.15) is 0 Å². The van der Waals surface area contributed by atoms with Crippen LogP contribution in [-0.4, -0.2) is 19.3 Å². The molecule has 9 heteroatoms. The minimum Gasteiger partial charge on any atom is -0.326 e. The van der Waals surface area contributed by atoms with Crippen LogP contribution in [-0.2, 0) is 14.8 Å². The number of anilines is 2. The van der Waals surface area contributed by atoms with Crippen LogP contribution in [0.1, 0.15) is 24.2 Å². The fourth-order valence-corrected chi connectivity index (χ4v) is 4.63. The number of allylic oxidation sites excluding steroid dienone is 2. The van der Waals surface area contributed by atoms with Crippen LogP contribution < -0.4 is 15.4 Å². The maximum absolute atomic E-state index is 11.7. The largest absolute Gasteiger partial charge is 0.326 e. The Bertz CT molecular complexity index is 992. The number of nitrogens with one attached hydrogen (secondary N) is 1. The highest BCUT2D eigenvalue weighted by Gasteiger charge is 2.25. The van der Waals surface area contributed by atoms with Gasteiger partial charge in [-0.25, -0.2) is 18.5 Å². The molecular weight excluding hydrogens is 372 g/mol. The molecule has 0 bridgehead atoms. The normalized spacial score (nSPS) is 16.7. The number of sulfonamides is 1. The number of amides is 1. The third kappa shape index (κ3) is 3.85. The molecule has 26 heavy (non-hydrogen) atoms. The van der Waals surface area contributed by atoms with Gasteiger partial charge >= 0.3 is 0 Å². The van der Waals surface area contributed by atoms with E-state index >= 15 is 0 Å². The van der Waals surface area contributed by atoms with Gasteiger partial charge in [0.15, 0.2) is 9.34 Å². The molecule has 7 nitrogen and oxygen atoms in total. The molecule has 1 unspecified atom stereocenters. The summed E-state index contributed by atoms with van der Waals surface area (Å²) in [6.07, 6.45) is 7.61. The number of hydrogen-bond acceptors (Lipinski definition) is 6. The minimum absolute atomic E-state index is 0.0650. The lowest BCUT2D eigenvalue weighted by Gasteiger charge is -2.28. The number of primary sulfonamides is 1. The van der Waals surface area contributed by atoms with Gasteiger partial charge in [-0.05, 0) is 30.7 Å². The lowest BCUT2D eigenvalue weighted by molar-refractivity contribution is -0.114. The first-order valence-electron chi connectivity index (χ1n) is 7.77. The Morgan fingerprint density at radius 3 is 2.54 bits per heavy atom. The van der Waals surface area contributed by atoms with Gasteiger partial charge in [0, 0.05) is 18.8 Å². The van der Waals surface area contributed by atoms with Crippen molar-refractivity contribution in [2.45, 2.75) is 24.1 Å². The second-order valence-electron chi connectivity index (χ2n) is 5.80. The van der Waals surface area contributed by atoms with Gasteiger partial charge < -0.3 is 10.2 Å². The molecule has 0 saturated carbocycles. The molecule has 3 rings (SSSR count). The second kappa shape index (κ2) is 7.02. The molecule has 0 saturated heterocycles. The fraction of sp³-hybridized carbons (Fsp3) is 0.176. The molecule has 2 heterocycles. The molecule has 3 N–H and O–H groups in total. The smallest absolute Gasteiger partial charge is 0.249 e. The average molecular weight is 390 g/mol. The van der Waals surface area contributed by atoms with E-state index in [1.165, 1.54) is 6.92 Å². The number of nitrogens with two attached hydrogens (primary N) is 1. The Morgan fingerprint density at radius 1 is 1.27 bits per heavy atom. The van der Waals surface area contributed by atoms with E-state index in [0.29, 0.717) is 16.5 Å². The van der Waals surface area contributed by atoms with Crippen molar-refractivity contribution in [2.24, 2.45) is 5.14 Å². The van der Waals surface area contributed by atoms with Crippen molar-refractivity contribution < 1.29 is 13.2 Å². The maximum Gasteiger partial charge on any atom is 0.249 e. The molecule has 2 aromatic rings. The zero-order valence-electron chi connectivity index (χ0n) is 14.2. The van der Waals surface area contributed by atoms with E-state index < -0.39 is 10.0 Å². The van der Waals surface area contributed by atoms with Crippen molar-refractivity contribution in [3.63, 3.8) is 0 Å².